The summed E-state index contributed by atoms with van der Waals surface area (Å²) in [5.74, 6) is -0.291. The number of hydrogen-bond donors (Lipinski definition) is 1. The number of halogens is 2. The average Bonchev–Trinajstić information content (AvgIpc) is 2.38. The first-order chi connectivity index (χ1) is 7.94. The van der Waals surface area contributed by atoms with E-state index in [9.17, 15) is 4.79 Å². The van der Waals surface area contributed by atoms with Crippen LogP contribution < -0.4 is 5.32 Å². The van der Waals surface area contributed by atoms with Crippen LogP contribution in [0.5, 0.6) is 0 Å². The van der Waals surface area contributed by atoms with E-state index in [2.05, 4.69) is 24.4 Å². The minimum absolute atomic E-state index is 0.177. The predicted molar refractivity (Wildman–Crippen MR) is 70.5 cm³/mol. The van der Waals surface area contributed by atoms with Gasteiger partial charge in [-0.15, -0.1) is 0 Å². The van der Waals surface area contributed by atoms with Gasteiger partial charge in [-0.1, -0.05) is 60.5 Å². The van der Waals surface area contributed by atoms with Crippen molar-refractivity contribution in [3.8, 4) is 0 Å². The first-order valence-electron chi connectivity index (χ1n) is 5.66. The van der Waals surface area contributed by atoms with Gasteiger partial charge in [0.15, 0.2) is 4.33 Å². The Hall–Kier alpha value is -0.730. The molecule has 1 atom stereocenters. The van der Waals surface area contributed by atoms with Gasteiger partial charge in [0.2, 0.25) is 0 Å². The molecular formula is C13H15Cl2NO. The largest absolute Gasteiger partial charge is 0.353 e. The Kier molecular flexibility index (Phi) is 3.37. The molecule has 1 aliphatic heterocycles. The molecule has 0 radical (unpaired) electrons. The molecule has 4 heteroatoms. The highest BCUT2D eigenvalue weighted by atomic mass is 35.5. The summed E-state index contributed by atoms with van der Waals surface area (Å²) in [6, 6.07) is 10.1. The molecule has 1 amide bonds. The van der Waals surface area contributed by atoms with Gasteiger partial charge < -0.3 is 5.32 Å². The van der Waals surface area contributed by atoms with Crippen LogP contribution in [0.1, 0.15) is 25.3 Å². The topological polar surface area (TPSA) is 29.1 Å². The lowest BCUT2D eigenvalue weighted by Crippen LogP contribution is -2.38. The fraction of sp³-hybridized carbons (Fsp3) is 0.462. The molecule has 0 saturated carbocycles. The van der Waals surface area contributed by atoms with E-state index in [4.69, 9.17) is 23.2 Å². The maximum atomic E-state index is 11.7. The van der Waals surface area contributed by atoms with Gasteiger partial charge in [-0.2, -0.15) is 0 Å². The van der Waals surface area contributed by atoms with Crippen LogP contribution in [0.3, 0.4) is 0 Å². The summed E-state index contributed by atoms with van der Waals surface area (Å²) in [5, 5.41) is 2.76. The third-order valence-corrected chi connectivity index (χ3v) is 3.99. The summed E-state index contributed by atoms with van der Waals surface area (Å²) in [6.07, 6.45) is 1.27. The van der Waals surface area contributed by atoms with Gasteiger partial charge in [0.25, 0.3) is 5.91 Å². The Balaban J connectivity index is 2.35. The van der Waals surface area contributed by atoms with Crippen molar-refractivity contribution in [3.63, 3.8) is 0 Å². The predicted octanol–water partition coefficient (Wildman–Crippen LogP) is 3.03. The van der Waals surface area contributed by atoms with Crippen LogP contribution in [0.15, 0.2) is 30.3 Å². The summed E-state index contributed by atoms with van der Waals surface area (Å²) in [6.45, 7) is 2.70. The minimum Gasteiger partial charge on any atom is -0.353 e. The van der Waals surface area contributed by atoms with Crippen LogP contribution in [-0.2, 0) is 10.2 Å². The molecule has 1 aromatic rings. The summed E-state index contributed by atoms with van der Waals surface area (Å²) < 4.78 is -1.35. The Morgan fingerprint density at radius 1 is 1.24 bits per heavy atom. The van der Waals surface area contributed by atoms with Crippen molar-refractivity contribution in [1.82, 2.24) is 5.32 Å². The van der Waals surface area contributed by atoms with Crippen molar-refractivity contribution < 1.29 is 4.79 Å². The summed E-state index contributed by atoms with van der Waals surface area (Å²) >= 11 is 12.2. The highest BCUT2D eigenvalue weighted by molar-refractivity contribution is 6.58. The standard InChI is InChI=1S/C13H15Cl2NO/c1-12(10-5-3-2-4-6-10)7-8-16-11(17)13(14,15)9-12/h2-6H,7-9H2,1H3,(H,16,17). The molecule has 1 fully saturated rings. The van der Waals surface area contributed by atoms with Gasteiger partial charge in [-0.3, -0.25) is 4.79 Å². The van der Waals surface area contributed by atoms with Gasteiger partial charge >= 0.3 is 0 Å². The maximum absolute atomic E-state index is 11.7. The van der Waals surface area contributed by atoms with Crippen LogP contribution in [0.2, 0.25) is 0 Å². The molecule has 1 aromatic carbocycles. The number of alkyl halides is 2. The Morgan fingerprint density at radius 3 is 2.53 bits per heavy atom. The molecule has 2 nitrogen and oxygen atoms in total. The van der Waals surface area contributed by atoms with E-state index >= 15 is 0 Å². The molecular weight excluding hydrogens is 257 g/mol. The first-order valence-corrected chi connectivity index (χ1v) is 6.41. The molecule has 1 aliphatic rings. The highest BCUT2D eigenvalue weighted by Crippen LogP contribution is 2.42. The SMILES string of the molecule is CC1(c2ccccc2)CCNC(=O)C(Cl)(Cl)C1. The third kappa shape index (κ3) is 2.58. The first kappa shape index (κ1) is 12.7. The summed E-state index contributed by atoms with van der Waals surface area (Å²) in [5.41, 5.74) is 0.992. The van der Waals surface area contributed by atoms with Gasteiger partial charge in [-0.05, 0) is 23.8 Å². The van der Waals surface area contributed by atoms with E-state index in [-0.39, 0.29) is 11.3 Å². The number of amides is 1. The lowest BCUT2D eigenvalue weighted by molar-refractivity contribution is -0.121. The van der Waals surface area contributed by atoms with E-state index in [1.807, 2.05) is 18.2 Å². The Morgan fingerprint density at radius 2 is 1.88 bits per heavy atom. The van der Waals surface area contributed by atoms with E-state index in [0.29, 0.717) is 13.0 Å². The van der Waals surface area contributed by atoms with Crippen molar-refractivity contribution in [2.24, 2.45) is 0 Å². The number of rotatable bonds is 1. The quantitative estimate of drug-likeness (QED) is 0.782. The normalized spacial score (nSPS) is 28.3. The van der Waals surface area contributed by atoms with Crippen LogP contribution in [0, 0.1) is 0 Å². The maximum Gasteiger partial charge on any atom is 0.256 e. The van der Waals surface area contributed by atoms with Crippen molar-refractivity contribution in [1.29, 1.82) is 0 Å². The van der Waals surface area contributed by atoms with Gasteiger partial charge in [0.05, 0.1) is 0 Å². The molecule has 1 saturated heterocycles. The Labute approximate surface area is 111 Å². The molecule has 1 unspecified atom stereocenters. The molecule has 0 aromatic heterocycles. The molecule has 92 valence electrons. The smallest absolute Gasteiger partial charge is 0.256 e. The van der Waals surface area contributed by atoms with E-state index in [1.54, 1.807) is 0 Å². The molecule has 1 N–H and O–H groups in total. The summed E-state index contributed by atoms with van der Waals surface area (Å²) in [4.78, 5) is 11.7. The number of nitrogens with one attached hydrogen (secondary N) is 1. The number of benzene rings is 1. The number of hydrogen-bond acceptors (Lipinski definition) is 1. The molecule has 0 spiro atoms. The van der Waals surface area contributed by atoms with Crippen LogP contribution >= 0.6 is 23.2 Å². The number of carbonyl (C=O) groups excluding carboxylic acids is 1. The lowest BCUT2D eigenvalue weighted by Gasteiger charge is -2.31. The summed E-state index contributed by atoms with van der Waals surface area (Å²) in [7, 11) is 0. The second-order valence-electron chi connectivity index (χ2n) is 4.81. The second kappa shape index (κ2) is 4.51. The van der Waals surface area contributed by atoms with Gasteiger partial charge in [0.1, 0.15) is 0 Å². The second-order valence-corrected chi connectivity index (χ2v) is 6.30. The van der Waals surface area contributed by atoms with Crippen LogP contribution in [0.4, 0.5) is 0 Å². The zero-order valence-electron chi connectivity index (χ0n) is 9.67. The lowest BCUT2D eigenvalue weighted by atomic mass is 9.76. The van der Waals surface area contributed by atoms with Crippen LogP contribution in [-0.4, -0.2) is 16.8 Å². The van der Waals surface area contributed by atoms with Gasteiger partial charge in [0, 0.05) is 6.54 Å². The average molecular weight is 272 g/mol. The van der Waals surface area contributed by atoms with Crippen molar-refractivity contribution in [2.45, 2.75) is 29.5 Å². The monoisotopic (exact) mass is 271 g/mol. The van der Waals surface area contributed by atoms with Crippen molar-refractivity contribution in [2.75, 3.05) is 6.54 Å². The zero-order valence-corrected chi connectivity index (χ0v) is 11.2. The Bertz CT molecular complexity index is 419. The fourth-order valence-corrected chi connectivity index (χ4v) is 3.05. The minimum atomic E-state index is -1.35. The molecule has 0 bridgehead atoms. The van der Waals surface area contributed by atoms with E-state index in [1.165, 1.54) is 5.56 Å². The zero-order chi connectivity index (χ0) is 12.5. The van der Waals surface area contributed by atoms with Gasteiger partial charge in [-0.25, -0.2) is 0 Å². The van der Waals surface area contributed by atoms with Crippen molar-refractivity contribution in [3.05, 3.63) is 35.9 Å². The molecule has 17 heavy (non-hydrogen) atoms. The highest BCUT2D eigenvalue weighted by Gasteiger charge is 2.44. The third-order valence-electron chi connectivity index (χ3n) is 3.38. The van der Waals surface area contributed by atoms with Crippen LogP contribution in [0.25, 0.3) is 0 Å². The number of carbonyl (C=O) groups is 1. The van der Waals surface area contributed by atoms with Crippen molar-refractivity contribution >= 4 is 29.1 Å². The van der Waals surface area contributed by atoms with E-state index < -0.39 is 4.33 Å². The fourth-order valence-electron chi connectivity index (χ4n) is 2.33. The van der Waals surface area contributed by atoms with E-state index in [0.717, 1.165) is 6.42 Å². The molecule has 1 heterocycles. The molecule has 0 aliphatic carbocycles. The molecule has 2 rings (SSSR count).